The fourth-order valence-corrected chi connectivity index (χ4v) is 3.10. The highest BCUT2D eigenvalue weighted by molar-refractivity contribution is 8.00. The van der Waals surface area contributed by atoms with Crippen molar-refractivity contribution in [1.29, 1.82) is 0 Å². The minimum Gasteiger partial charge on any atom is -0.330 e. The molecule has 0 aromatic carbocycles. The van der Waals surface area contributed by atoms with E-state index in [2.05, 4.69) is 18.7 Å². The predicted octanol–water partition coefficient (Wildman–Crippen LogP) is 1.87. The number of nitrogens with two attached hydrogens (primary N) is 1. The van der Waals surface area contributed by atoms with Gasteiger partial charge in [0.1, 0.15) is 0 Å². The van der Waals surface area contributed by atoms with Gasteiger partial charge in [0.15, 0.2) is 0 Å². The first kappa shape index (κ1) is 8.41. The molecule has 0 radical (unpaired) electrons. The van der Waals surface area contributed by atoms with Crippen LogP contribution >= 0.6 is 11.8 Å². The van der Waals surface area contributed by atoms with Crippen LogP contribution in [0.2, 0.25) is 0 Å². The second-order valence-electron chi connectivity index (χ2n) is 2.96. The fraction of sp³-hybridized carbons (Fsp3) is 1.00. The van der Waals surface area contributed by atoms with E-state index in [1.165, 1.54) is 25.0 Å². The van der Waals surface area contributed by atoms with Crippen molar-refractivity contribution in [2.45, 2.75) is 31.4 Å². The molecule has 0 aromatic heterocycles. The van der Waals surface area contributed by atoms with Gasteiger partial charge in [-0.25, -0.2) is 0 Å². The number of hydrogen-bond donors (Lipinski definition) is 1. The van der Waals surface area contributed by atoms with E-state index in [1.807, 2.05) is 0 Å². The van der Waals surface area contributed by atoms with Crippen LogP contribution in [-0.4, -0.2) is 17.5 Å². The lowest BCUT2D eigenvalue weighted by Gasteiger charge is -2.18. The Morgan fingerprint density at radius 2 is 2.50 bits per heavy atom. The summed E-state index contributed by atoms with van der Waals surface area (Å²) in [6.07, 6.45) is 4.07. The third-order valence-electron chi connectivity index (χ3n) is 2.32. The molecule has 0 aliphatic carbocycles. The third kappa shape index (κ3) is 1.89. The van der Waals surface area contributed by atoms with Crippen LogP contribution in [0, 0.1) is 5.92 Å². The van der Waals surface area contributed by atoms with Gasteiger partial charge in [-0.15, -0.1) is 0 Å². The van der Waals surface area contributed by atoms with Gasteiger partial charge in [0.05, 0.1) is 0 Å². The Hall–Kier alpha value is 0.310. The van der Waals surface area contributed by atoms with E-state index in [0.717, 1.165) is 17.7 Å². The Morgan fingerprint density at radius 3 is 2.90 bits per heavy atom. The zero-order valence-electron chi connectivity index (χ0n) is 6.68. The minimum atomic E-state index is 0.785. The van der Waals surface area contributed by atoms with Crippen LogP contribution in [0.4, 0.5) is 0 Å². The van der Waals surface area contributed by atoms with Crippen LogP contribution in [0.5, 0.6) is 0 Å². The van der Waals surface area contributed by atoms with Crippen LogP contribution in [0.3, 0.4) is 0 Å². The third-order valence-corrected chi connectivity index (χ3v) is 3.89. The molecule has 60 valence electrons. The zero-order chi connectivity index (χ0) is 7.40. The molecule has 0 amide bonds. The summed E-state index contributed by atoms with van der Waals surface area (Å²) in [4.78, 5) is 0. The first-order valence-electron chi connectivity index (χ1n) is 4.20. The smallest absolute Gasteiger partial charge is 0.00875 e. The second kappa shape index (κ2) is 4.24. The van der Waals surface area contributed by atoms with E-state index < -0.39 is 0 Å². The van der Waals surface area contributed by atoms with Crippen LogP contribution in [-0.2, 0) is 0 Å². The molecule has 0 spiro atoms. The van der Waals surface area contributed by atoms with Crippen LogP contribution in [0.1, 0.15) is 26.2 Å². The summed E-state index contributed by atoms with van der Waals surface area (Å²) >= 11 is 2.12. The lowest BCUT2D eigenvalue weighted by atomic mass is 9.99. The summed E-state index contributed by atoms with van der Waals surface area (Å²) in [5.41, 5.74) is 5.65. The summed E-state index contributed by atoms with van der Waals surface area (Å²) in [6, 6.07) is 0. The van der Waals surface area contributed by atoms with Crippen molar-refractivity contribution < 1.29 is 0 Å². The first-order valence-corrected chi connectivity index (χ1v) is 5.25. The Kier molecular flexibility index (Phi) is 3.57. The van der Waals surface area contributed by atoms with Gasteiger partial charge in [-0.2, -0.15) is 11.8 Å². The number of thioether (sulfide) groups is 1. The molecule has 2 N–H and O–H groups in total. The molecule has 0 aromatic rings. The van der Waals surface area contributed by atoms with Crippen molar-refractivity contribution in [1.82, 2.24) is 0 Å². The summed E-state index contributed by atoms with van der Waals surface area (Å²) in [6.45, 7) is 3.13. The van der Waals surface area contributed by atoms with Crippen molar-refractivity contribution in [2.24, 2.45) is 11.7 Å². The van der Waals surface area contributed by atoms with E-state index in [-0.39, 0.29) is 0 Å². The molecule has 1 nitrogen and oxygen atoms in total. The summed E-state index contributed by atoms with van der Waals surface area (Å²) in [5, 5.41) is 0.884. The minimum absolute atomic E-state index is 0.785. The zero-order valence-corrected chi connectivity index (χ0v) is 7.49. The van der Waals surface area contributed by atoms with Gasteiger partial charge in [-0.3, -0.25) is 0 Å². The maximum Gasteiger partial charge on any atom is 0.00875 e. The molecule has 0 saturated carbocycles. The highest BCUT2D eigenvalue weighted by atomic mass is 32.2. The average Bonchev–Trinajstić information content (AvgIpc) is 2.43. The molecule has 1 fully saturated rings. The Bertz CT molecular complexity index is 85.3. The van der Waals surface area contributed by atoms with Crippen LogP contribution in [0.15, 0.2) is 0 Å². The van der Waals surface area contributed by atoms with Gasteiger partial charge in [0.2, 0.25) is 0 Å². The Labute approximate surface area is 67.8 Å². The Balaban J connectivity index is 2.29. The fourth-order valence-electron chi connectivity index (χ4n) is 1.56. The molecule has 1 aliphatic rings. The highest BCUT2D eigenvalue weighted by Gasteiger charge is 2.22. The normalized spacial score (nSPS) is 28.8. The van der Waals surface area contributed by atoms with Gasteiger partial charge >= 0.3 is 0 Å². The number of hydrogen-bond acceptors (Lipinski definition) is 2. The maximum atomic E-state index is 5.65. The number of rotatable bonds is 3. The molecule has 1 rings (SSSR count). The predicted molar refractivity (Wildman–Crippen MR) is 48.3 cm³/mol. The largest absolute Gasteiger partial charge is 0.330 e. The van der Waals surface area contributed by atoms with Gasteiger partial charge in [-0.05, 0) is 31.1 Å². The van der Waals surface area contributed by atoms with Gasteiger partial charge < -0.3 is 5.73 Å². The van der Waals surface area contributed by atoms with E-state index in [9.17, 15) is 0 Å². The maximum absolute atomic E-state index is 5.65. The second-order valence-corrected chi connectivity index (χ2v) is 4.30. The summed E-state index contributed by atoms with van der Waals surface area (Å²) in [5.74, 6) is 2.15. The lowest BCUT2D eigenvalue weighted by molar-refractivity contribution is 0.487. The monoisotopic (exact) mass is 159 g/mol. The average molecular weight is 159 g/mol. The molecule has 1 aliphatic heterocycles. The van der Waals surface area contributed by atoms with Gasteiger partial charge in [0.25, 0.3) is 0 Å². The van der Waals surface area contributed by atoms with E-state index >= 15 is 0 Å². The van der Waals surface area contributed by atoms with E-state index in [0.29, 0.717) is 0 Å². The molecule has 10 heavy (non-hydrogen) atoms. The molecular weight excluding hydrogens is 142 g/mol. The SMILES string of the molecule is CCC(CN)C1CCCS1. The topological polar surface area (TPSA) is 26.0 Å². The lowest BCUT2D eigenvalue weighted by Crippen LogP contribution is -2.22. The van der Waals surface area contributed by atoms with E-state index in [4.69, 9.17) is 5.73 Å². The molecular formula is C8H17NS. The Morgan fingerprint density at radius 1 is 1.70 bits per heavy atom. The summed E-state index contributed by atoms with van der Waals surface area (Å²) < 4.78 is 0. The molecule has 2 atom stereocenters. The van der Waals surface area contributed by atoms with Crippen molar-refractivity contribution in [3.8, 4) is 0 Å². The van der Waals surface area contributed by atoms with Crippen LogP contribution < -0.4 is 5.73 Å². The van der Waals surface area contributed by atoms with Crippen molar-refractivity contribution in [3.63, 3.8) is 0 Å². The first-order chi connectivity index (χ1) is 4.88. The molecule has 0 bridgehead atoms. The highest BCUT2D eigenvalue weighted by Crippen LogP contribution is 2.32. The van der Waals surface area contributed by atoms with Crippen LogP contribution in [0.25, 0.3) is 0 Å². The van der Waals surface area contributed by atoms with Gasteiger partial charge in [-0.1, -0.05) is 13.3 Å². The summed E-state index contributed by atoms with van der Waals surface area (Å²) in [7, 11) is 0. The van der Waals surface area contributed by atoms with Crippen molar-refractivity contribution in [2.75, 3.05) is 12.3 Å². The molecule has 2 heteroatoms. The van der Waals surface area contributed by atoms with E-state index in [1.54, 1.807) is 0 Å². The quantitative estimate of drug-likeness (QED) is 0.680. The molecule has 1 heterocycles. The van der Waals surface area contributed by atoms with Crippen molar-refractivity contribution in [3.05, 3.63) is 0 Å². The van der Waals surface area contributed by atoms with Crippen molar-refractivity contribution >= 4 is 11.8 Å². The van der Waals surface area contributed by atoms with Gasteiger partial charge in [0, 0.05) is 5.25 Å². The molecule has 2 unspecified atom stereocenters. The standard InChI is InChI=1S/C8H17NS/c1-2-7(6-9)8-4-3-5-10-8/h7-8H,2-6,9H2,1H3. The molecule has 1 saturated heterocycles.